The molecule has 0 aromatic carbocycles. The Morgan fingerprint density at radius 3 is 2.57 bits per heavy atom. The van der Waals surface area contributed by atoms with E-state index < -0.39 is 0 Å². The van der Waals surface area contributed by atoms with Gasteiger partial charge in [-0.2, -0.15) is 0 Å². The molecule has 0 amide bonds. The van der Waals surface area contributed by atoms with Gasteiger partial charge in [-0.1, -0.05) is 12.7 Å². The van der Waals surface area contributed by atoms with Crippen LogP contribution in [-0.4, -0.2) is 13.3 Å². The van der Waals surface area contributed by atoms with Crippen LogP contribution in [0.4, 0.5) is 0 Å². The van der Waals surface area contributed by atoms with E-state index in [1.165, 1.54) is 5.56 Å². The smallest absolute Gasteiger partial charge is 0.169 e. The van der Waals surface area contributed by atoms with Gasteiger partial charge in [0.05, 0.1) is 0 Å². The summed E-state index contributed by atoms with van der Waals surface area (Å²) < 4.78 is 2.01. The molecule has 0 bridgehead atoms. The predicted octanol–water partition coefficient (Wildman–Crippen LogP) is -0.138. The molecule has 1 aromatic rings. The summed E-state index contributed by atoms with van der Waals surface area (Å²) in [7, 11) is 3.88. The van der Waals surface area contributed by atoms with Gasteiger partial charge < -0.3 is 0 Å². The first-order chi connectivity index (χ1) is 6.77. The molecular weight excluding hydrogens is 172 g/mol. The lowest BCUT2D eigenvalue weighted by Crippen LogP contribution is -2.62. The molecule has 0 aliphatic heterocycles. The standard InChI is InChI=1S/C12H15N2/c1-4-11(5-8-13-2)12-6-9-14(3)10-7-12/h4-10H,1H2,2-3H3/q+1/p+1/b11-5+,13-8?. The van der Waals surface area contributed by atoms with Crippen molar-refractivity contribution in [1.29, 1.82) is 0 Å². The first-order valence-electron chi connectivity index (χ1n) is 4.57. The van der Waals surface area contributed by atoms with E-state index in [0.29, 0.717) is 0 Å². The number of hydrogen-bond donors (Lipinski definition) is 1. The van der Waals surface area contributed by atoms with Crippen molar-refractivity contribution in [3.05, 3.63) is 48.8 Å². The minimum Gasteiger partial charge on any atom is -0.251 e. The Morgan fingerprint density at radius 1 is 1.43 bits per heavy atom. The highest BCUT2D eigenvalue weighted by Gasteiger charge is 1.98. The molecule has 72 valence electrons. The van der Waals surface area contributed by atoms with Gasteiger partial charge in [0.15, 0.2) is 18.6 Å². The molecule has 14 heavy (non-hydrogen) atoms. The second-order valence-corrected chi connectivity index (χ2v) is 3.03. The molecule has 0 radical (unpaired) electrons. The quantitative estimate of drug-likeness (QED) is 0.387. The highest BCUT2D eigenvalue weighted by atomic mass is 14.9. The average molecular weight is 188 g/mol. The number of nitrogens with one attached hydrogen (secondary N) is 1. The number of pyridine rings is 1. The van der Waals surface area contributed by atoms with Crippen molar-refractivity contribution in [2.24, 2.45) is 7.05 Å². The Hall–Kier alpha value is -1.70. The molecule has 2 heteroatoms. The summed E-state index contributed by atoms with van der Waals surface area (Å²) in [6.45, 7) is 3.79. The average Bonchev–Trinajstić information content (AvgIpc) is 2.21. The van der Waals surface area contributed by atoms with Gasteiger partial charge in [0.25, 0.3) is 0 Å². The largest absolute Gasteiger partial charge is 0.251 e. The first kappa shape index (κ1) is 10.4. The van der Waals surface area contributed by atoms with E-state index in [-0.39, 0.29) is 0 Å². The number of nitrogens with zero attached hydrogens (tertiary/aromatic N) is 1. The minimum atomic E-state index is 1.11. The van der Waals surface area contributed by atoms with Crippen LogP contribution in [0, 0.1) is 0 Å². The highest BCUT2D eigenvalue weighted by Crippen LogP contribution is 2.11. The number of aryl methyl sites for hydroxylation is 1. The lowest BCUT2D eigenvalue weighted by molar-refractivity contribution is -0.671. The third-order valence-corrected chi connectivity index (χ3v) is 1.96. The van der Waals surface area contributed by atoms with Crippen LogP contribution in [-0.2, 0) is 7.05 Å². The van der Waals surface area contributed by atoms with Gasteiger partial charge >= 0.3 is 0 Å². The Bertz CT molecular complexity index is 358. The van der Waals surface area contributed by atoms with Crippen molar-refractivity contribution in [3.8, 4) is 0 Å². The maximum Gasteiger partial charge on any atom is 0.169 e. The number of hydrogen-bond acceptors (Lipinski definition) is 0. The van der Waals surface area contributed by atoms with Gasteiger partial charge in [-0.25, -0.2) is 4.57 Å². The fraction of sp³-hybridized carbons (Fsp3) is 0.167. The zero-order valence-corrected chi connectivity index (χ0v) is 8.70. The van der Waals surface area contributed by atoms with Crippen molar-refractivity contribution in [2.45, 2.75) is 0 Å². The second-order valence-electron chi connectivity index (χ2n) is 3.03. The molecule has 1 rings (SSSR count). The van der Waals surface area contributed by atoms with Gasteiger partial charge in [-0.3, -0.25) is 4.99 Å². The summed E-state index contributed by atoms with van der Waals surface area (Å²) in [6.07, 6.45) is 9.79. The topological polar surface area (TPSA) is 17.9 Å². The van der Waals surface area contributed by atoms with Crippen molar-refractivity contribution < 1.29 is 9.56 Å². The van der Waals surface area contributed by atoms with Crippen molar-refractivity contribution in [2.75, 3.05) is 7.05 Å². The molecule has 0 saturated heterocycles. The fourth-order valence-corrected chi connectivity index (χ4v) is 1.15. The molecule has 0 atom stereocenters. The summed E-state index contributed by atoms with van der Waals surface area (Å²) in [5, 5.41) is 0. The monoisotopic (exact) mass is 188 g/mol. The molecule has 0 fully saturated rings. The number of aromatic nitrogens is 1. The Labute approximate surface area is 84.9 Å². The van der Waals surface area contributed by atoms with E-state index in [2.05, 4.69) is 23.7 Å². The highest BCUT2D eigenvalue weighted by molar-refractivity contribution is 5.85. The summed E-state index contributed by atoms with van der Waals surface area (Å²) in [5.74, 6) is 0. The third-order valence-electron chi connectivity index (χ3n) is 1.96. The van der Waals surface area contributed by atoms with Crippen LogP contribution in [0.25, 0.3) is 5.57 Å². The molecule has 0 aliphatic rings. The summed E-state index contributed by atoms with van der Waals surface area (Å²) in [6, 6.07) is 4.13. The maximum atomic E-state index is 3.79. The van der Waals surface area contributed by atoms with Gasteiger partial charge in [0, 0.05) is 18.2 Å². The summed E-state index contributed by atoms with van der Waals surface area (Å²) >= 11 is 0. The predicted molar refractivity (Wildman–Crippen MR) is 58.7 cm³/mol. The number of rotatable bonds is 3. The van der Waals surface area contributed by atoms with Crippen LogP contribution in [0.3, 0.4) is 0 Å². The van der Waals surface area contributed by atoms with Crippen LogP contribution in [0.5, 0.6) is 0 Å². The Balaban J connectivity index is 3.01. The Kier molecular flexibility index (Phi) is 3.80. The maximum absolute atomic E-state index is 3.79. The molecule has 0 spiro atoms. The molecule has 1 heterocycles. The van der Waals surface area contributed by atoms with Gasteiger partial charge in [0.2, 0.25) is 0 Å². The van der Waals surface area contributed by atoms with Gasteiger partial charge in [0.1, 0.15) is 14.1 Å². The summed E-state index contributed by atoms with van der Waals surface area (Å²) in [4.78, 5) is 2.96. The van der Waals surface area contributed by atoms with E-state index in [9.17, 15) is 0 Å². The third kappa shape index (κ3) is 2.66. The molecule has 2 nitrogen and oxygen atoms in total. The van der Waals surface area contributed by atoms with E-state index in [0.717, 1.165) is 5.57 Å². The molecule has 1 aromatic heterocycles. The summed E-state index contributed by atoms with van der Waals surface area (Å²) in [5.41, 5.74) is 2.28. The van der Waals surface area contributed by atoms with Crippen LogP contribution in [0.15, 0.2) is 43.3 Å². The van der Waals surface area contributed by atoms with E-state index in [1.807, 2.05) is 49.4 Å². The van der Waals surface area contributed by atoms with Crippen molar-refractivity contribution in [1.82, 2.24) is 0 Å². The lowest BCUT2D eigenvalue weighted by atomic mass is 10.1. The molecule has 0 aliphatic carbocycles. The molecule has 0 unspecified atom stereocenters. The SMILES string of the molecule is C=C/C(=C\C=[NH+]C)c1cc[n+](C)cc1. The second kappa shape index (κ2) is 5.12. The number of allylic oxidation sites excluding steroid dienone is 3. The van der Waals surface area contributed by atoms with Crippen LogP contribution in [0.2, 0.25) is 0 Å². The normalized spacial score (nSPS) is 12.0. The Morgan fingerprint density at radius 2 is 2.07 bits per heavy atom. The van der Waals surface area contributed by atoms with E-state index >= 15 is 0 Å². The van der Waals surface area contributed by atoms with Crippen LogP contribution < -0.4 is 9.56 Å². The van der Waals surface area contributed by atoms with E-state index in [4.69, 9.17) is 0 Å². The zero-order chi connectivity index (χ0) is 10.4. The van der Waals surface area contributed by atoms with Gasteiger partial charge in [-0.05, 0) is 11.1 Å². The van der Waals surface area contributed by atoms with Crippen LogP contribution >= 0.6 is 0 Å². The van der Waals surface area contributed by atoms with Crippen molar-refractivity contribution >= 4 is 11.8 Å². The van der Waals surface area contributed by atoms with Crippen LogP contribution in [0.1, 0.15) is 5.56 Å². The molecular formula is C12H16N2+2. The first-order valence-corrected chi connectivity index (χ1v) is 4.57. The zero-order valence-electron chi connectivity index (χ0n) is 8.70. The van der Waals surface area contributed by atoms with Gasteiger partial charge in [-0.15, -0.1) is 0 Å². The van der Waals surface area contributed by atoms with E-state index in [1.54, 1.807) is 0 Å². The molecule has 1 N–H and O–H groups in total. The lowest BCUT2D eigenvalue weighted by Gasteiger charge is -1.97. The van der Waals surface area contributed by atoms with Crippen molar-refractivity contribution in [3.63, 3.8) is 0 Å². The fourth-order valence-electron chi connectivity index (χ4n) is 1.15. The minimum absolute atomic E-state index is 1.11. The molecule has 0 saturated carbocycles.